The van der Waals surface area contributed by atoms with Gasteiger partial charge in [-0.1, -0.05) is 30.3 Å². The van der Waals surface area contributed by atoms with Crippen LogP contribution in [-0.2, 0) is 11.3 Å². The summed E-state index contributed by atoms with van der Waals surface area (Å²) in [7, 11) is 0. The third kappa shape index (κ3) is 3.11. The fourth-order valence-electron chi connectivity index (χ4n) is 4.29. The van der Waals surface area contributed by atoms with Crippen LogP contribution in [0.5, 0.6) is 0 Å². The van der Waals surface area contributed by atoms with Crippen molar-refractivity contribution in [2.75, 3.05) is 19.6 Å². The molecule has 1 atom stereocenters. The lowest BCUT2D eigenvalue weighted by Crippen LogP contribution is -2.34. The molecule has 2 saturated heterocycles. The molecule has 0 aliphatic carbocycles. The number of ether oxygens (including phenoxy) is 1. The van der Waals surface area contributed by atoms with Crippen LogP contribution < -0.4 is 5.32 Å². The van der Waals surface area contributed by atoms with Gasteiger partial charge in [0.25, 0.3) is 0 Å². The van der Waals surface area contributed by atoms with E-state index in [-0.39, 0.29) is 11.7 Å². The maximum absolute atomic E-state index is 11.5. The Labute approximate surface area is 163 Å². The highest BCUT2D eigenvalue weighted by Crippen LogP contribution is 2.31. The molecule has 28 heavy (non-hydrogen) atoms. The predicted molar refractivity (Wildman–Crippen MR) is 105 cm³/mol. The molecule has 3 aromatic rings. The smallest absolute Gasteiger partial charge is 0.407 e. The van der Waals surface area contributed by atoms with E-state index in [0.29, 0.717) is 6.54 Å². The minimum absolute atomic E-state index is 0.285. The maximum Gasteiger partial charge on any atom is 0.407 e. The van der Waals surface area contributed by atoms with Crippen molar-refractivity contribution >= 4 is 11.9 Å². The molecular formula is C21H23N5O2. The van der Waals surface area contributed by atoms with Crippen LogP contribution in [0.15, 0.2) is 48.8 Å². The van der Waals surface area contributed by atoms with E-state index in [1.807, 2.05) is 30.5 Å². The Morgan fingerprint density at radius 3 is 2.86 bits per heavy atom. The molecule has 1 spiro atoms. The largest absolute Gasteiger partial charge is 0.441 e. The van der Waals surface area contributed by atoms with Crippen LogP contribution in [0.4, 0.5) is 4.79 Å². The molecule has 0 bridgehead atoms. The van der Waals surface area contributed by atoms with Crippen molar-refractivity contribution in [3.05, 3.63) is 54.5 Å². The highest BCUT2D eigenvalue weighted by atomic mass is 16.6. The fraction of sp³-hybridized carbons (Fsp3) is 0.381. The van der Waals surface area contributed by atoms with Gasteiger partial charge in [0.05, 0.1) is 17.9 Å². The van der Waals surface area contributed by atoms with Crippen molar-refractivity contribution in [2.24, 2.45) is 0 Å². The lowest BCUT2D eigenvalue weighted by atomic mass is 9.95. The zero-order chi connectivity index (χ0) is 19.0. The van der Waals surface area contributed by atoms with Crippen molar-refractivity contribution in [3.8, 4) is 11.3 Å². The number of rotatable bonds is 3. The first-order valence-corrected chi connectivity index (χ1v) is 9.79. The summed E-state index contributed by atoms with van der Waals surface area (Å²) in [6.45, 7) is 3.26. The van der Waals surface area contributed by atoms with E-state index >= 15 is 0 Å². The fourth-order valence-corrected chi connectivity index (χ4v) is 4.29. The number of carbonyl (C=O) groups excluding carboxylic acids is 1. The highest BCUT2D eigenvalue weighted by Gasteiger charge is 2.41. The summed E-state index contributed by atoms with van der Waals surface area (Å²) < 4.78 is 7.70. The van der Waals surface area contributed by atoms with Crippen LogP contribution >= 0.6 is 0 Å². The van der Waals surface area contributed by atoms with E-state index < -0.39 is 0 Å². The Balaban J connectivity index is 1.44. The SMILES string of the molecule is O=C1NC[C@]2(CCCN(Cc3c(-c4ccccc4)nc4ncccn34)CC2)O1. The summed E-state index contributed by atoms with van der Waals surface area (Å²) in [5, 5.41) is 2.82. The number of likely N-dealkylation sites (tertiary alicyclic amines) is 1. The molecule has 2 aliphatic heterocycles. The van der Waals surface area contributed by atoms with Crippen LogP contribution in [0.25, 0.3) is 17.0 Å². The van der Waals surface area contributed by atoms with Crippen molar-refractivity contribution in [1.29, 1.82) is 0 Å². The van der Waals surface area contributed by atoms with Gasteiger partial charge in [0.1, 0.15) is 5.60 Å². The van der Waals surface area contributed by atoms with E-state index in [0.717, 1.165) is 61.6 Å². The molecule has 4 heterocycles. The van der Waals surface area contributed by atoms with Crippen LogP contribution in [-0.4, -0.2) is 50.6 Å². The van der Waals surface area contributed by atoms with Crippen molar-refractivity contribution < 1.29 is 9.53 Å². The number of benzene rings is 1. The van der Waals surface area contributed by atoms with Crippen molar-refractivity contribution in [1.82, 2.24) is 24.6 Å². The molecule has 7 nitrogen and oxygen atoms in total. The van der Waals surface area contributed by atoms with Gasteiger partial charge in [0.2, 0.25) is 5.78 Å². The molecule has 1 aromatic carbocycles. The van der Waals surface area contributed by atoms with E-state index in [4.69, 9.17) is 9.72 Å². The normalized spacial score (nSPS) is 22.9. The number of carbonyl (C=O) groups is 1. The van der Waals surface area contributed by atoms with E-state index in [2.05, 4.69) is 31.7 Å². The van der Waals surface area contributed by atoms with Gasteiger partial charge in [0, 0.05) is 37.5 Å². The van der Waals surface area contributed by atoms with E-state index in [9.17, 15) is 4.79 Å². The summed E-state index contributed by atoms with van der Waals surface area (Å²) in [6.07, 6.45) is 6.28. The third-order valence-electron chi connectivity index (χ3n) is 5.78. The first kappa shape index (κ1) is 17.2. The third-order valence-corrected chi connectivity index (χ3v) is 5.78. The number of nitrogens with one attached hydrogen (secondary N) is 1. The minimum atomic E-state index is -0.338. The highest BCUT2D eigenvalue weighted by molar-refractivity contribution is 5.70. The average Bonchev–Trinajstić information content (AvgIpc) is 3.20. The van der Waals surface area contributed by atoms with Gasteiger partial charge in [-0.25, -0.2) is 14.8 Å². The van der Waals surface area contributed by atoms with Gasteiger partial charge >= 0.3 is 6.09 Å². The van der Waals surface area contributed by atoms with Gasteiger partial charge in [-0.15, -0.1) is 0 Å². The van der Waals surface area contributed by atoms with Crippen LogP contribution in [0.3, 0.4) is 0 Å². The number of nitrogens with zero attached hydrogens (tertiary/aromatic N) is 4. The first-order chi connectivity index (χ1) is 13.7. The Morgan fingerprint density at radius 2 is 2.04 bits per heavy atom. The average molecular weight is 377 g/mol. The van der Waals surface area contributed by atoms with Crippen LogP contribution in [0, 0.1) is 0 Å². The molecule has 2 aromatic heterocycles. The Bertz CT molecular complexity index is 1000. The lowest BCUT2D eigenvalue weighted by Gasteiger charge is -2.25. The van der Waals surface area contributed by atoms with Crippen LogP contribution in [0.2, 0.25) is 0 Å². The molecule has 144 valence electrons. The summed E-state index contributed by atoms with van der Waals surface area (Å²) in [5.74, 6) is 0.719. The molecule has 1 amide bonds. The molecule has 2 fully saturated rings. The number of imidazole rings is 1. The molecular weight excluding hydrogens is 354 g/mol. The molecule has 7 heteroatoms. The van der Waals surface area contributed by atoms with Gasteiger partial charge in [-0.2, -0.15) is 0 Å². The standard InChI is InChI=1S/C21H23N5O2/c27-20-23-15-21(28-20)8-4-11-25(13-9-21)14-17-18(16-6-2-1-3-7-16)24-19-22-10-5-12-26(17)19/h1-3,5-7,10,12H,4,8-9,11,13-15H2,(H,23,27)/t21-/m1/s1. The number of fused-ring (bicyclic) bond motifs is 1. The molecule has 2 aliphatic rings. The molecule has 0 saturated carbocycles. The number of hydrogen-bond donors (Lipinski definition) is 1. The lowest BCUT2D eigenvalue weighted by molar-refractivity contribution is 0.0443. The molecule has 0 radical (unpaired) electrons. The number of hydrogen-bond acceptors (Lipinski definition) is 5. The van der Waals surface area contributed by atoms with Crippen LogP contribution in [0.1, 0.15) is 25.0 Å². The number of amides is 1. The predicted octanol–water partition coefficient (Wildman–Crippen LogP) is 2.86. The van der Waals surface area contributed by atoms with Gasteiger partial charge in [-0.3, -0.25) is 9.30 Å². The summed E-state index contributed by atoms with van der Waals surface area (Å²) in [4.78, 5) is 23.2. The topological polar surface area (TPSA) is 71.8 Å². The molecule has 5 rings (SSSR count). The monoisotopic (exact) mass is 377 g/mol. The Morgan fingerprint density at radius 1 is 1.14 bits per heavy atom. The Hall–Kier alpha value is -2.93. The summed E-state index contributed by atoms with van der Waals surface area (Å²) in [5.41, 5.74) is 2.89. The number of alkyl carbamates (subject to hydrolysis) is 1. The zero-order valence-electron chi connectivity index (χ0n) is 15.7. The second kappa shape index (κ2) is 6.91. The second-order valence-electron chi connectivity index (χ2n) is 7.62. The van der Waals surface area contributed by atoms with E-state index in [1.54, 1.807) is 6.20 Å². The molecule has 1 N–H and O–H groups in total. The van der Waals surface area contributed by atoms with E-state index in [1.165, 1.54) is 0 Å². The summed E-state index contributed by atoms with van der Waals surface area (Å²) >= 11 is 0. The molecule has 0 unspecified atom stereocenters. The van der Waals surface area contributed by atoms with Gasteiger partial charge in [0.15, 0.2) is 0 Å². The quantitative estimate of drug-likeness (QED) is 0.760. The first-order valence-electron chi connectivity index (χ1n) is 9.79. The number of aromatic nitrogens is 3. The van der Waals surface area contributed by atoms with Gasteiger partial charge in [-0.05, 0) is 25.5 Å². The second-order valence-corrected chi connectivity index (χ2v) is 7.62. The van der Waals surface area contributed by atoms with Crippen molar-refractivity contribution in [2.45, 2.75) is 31.4 Å². The van der Waals surface area contributed by atoms with Gasteiger partial charge < -0.3 is 10.1 Å². The maximum atomic E-state index is 11.5. The minimum Gasteiger partial charge on any atom is -0.441 e. The Kier molecular flexibility index (Phi) is 4.24. The summed E-state index contributed by atoms with van der Waals surface area (Å²) in [6, 6.07) is 12.2. The zero-order valence-corrected chi connectivity index (χ0v) is 15.7. The van der Waals surface area contributed by atoms with Crippen molar-refractivity contribution in [3.63, 3.8) is 0 Å².